The van der Waals surface area contributed by atoms with E-state index in [2.05, 4.69) is 47.1 Å². The number of thiocarbonyl (C=S) groups is 1. The van der Waals surface area contributed by atoms with Crippen molar-refractivity contribution in [3.05, 3.63) is 67.8 Å². The molecule has 0 radical (unpaired) electrons. The van der Waals surface area contributed by atoms with E-state index in [1.165, 1.54) is 17.3 Å². The van der Waals surface area contributed by atoms with Crippen LogP contribution in [0.15, 0.2) is 40.0 Å². The van der Waals surface area contributed by atoms with Gasteiger partial charge in [-0.1, -0.05) is 80.5 Å². The van der Waals surface area contributed by atoms with E-state index in [1.807, 2.05) is 12.1 Å². The van der Waals surface area contributed by atoms with Gasteiger partial charge in [-0.25, -0.2) is 0 Å². The molecule has 0 aliphatic carbocycles. The highest BCUT2D eigenvalue weighted by molar-refractivity contribution is 8.26. The lowest BCUT2D eigenvalue weighted by Crippen LogP contribution is -2.48. The molecule has 3 heterocycles. The van der Waals surface area contributed by atoms with Crippen molar-refractivity contribution in [2.24, 2.45) is 7.05 Å². The van der Waals surface area contributed by atoms with E-state index in [0.717, 1.165) is 69.8 Å². The number of nitriles is 1. The number of pyridine rings is 1. The average Bonchev–Trinajstić information content (AvgIpc) is 3.18. The van der Waals surface area contributed by atoms with Gasteiger partial charge in [-0.15, -0.1) is 0 Å². The fourth-order valence-electron chi connectivity index (χ4n) is 5.07. The van der Waals surface area contributed by atoms with E-state index < -0.39 is 0 Å². The molecular formula is C29H35N5O2S2. The summed E-state index contributed by atoms with van der Waals surface area (Å²) in [6.07, 6.45) is 6.10. The van der Waals surface area contributed by atoms with Crippen molar-refractivity contribution >= 4 is 46.1 Å². The first-order chi connectivity index (χ1) is 18.3. The maximum absolute atomic E-state index is 13.3. The largest absolute Gasteiger partial charge is 0.355 e. The maximum atomic E-state index is 13.3. The lowest BCUT2D eigenvalue weighted by molar-refractivity contribution is -0.122. The van der Waals surface area contributed by atoms with Gasteiger partial charge in [0.05, 0.1) is 4.91 Å². The summed E-state index contributed by atoms with van der Waals surface area (Å²) in [5.41, 5.74) is 2.42. The molecule has 2 aliphatic rings. The Morgan fingerprint density at radius 1 is 1.08 bits per heavy atom. The van der Waals surface area contributed by atoms with Crippen molar-refractivity contribution in [1.82, 2.24) is 14.4 Å². The summed E-state index contributed by atoms with van der Waals surface area (Å²) in [5.74, 6) is 0.654. The SMILES string of the molecule is CCCCCCN1C(=O)C(=Cc2c(C)c(C#N)c(=O)n(C)c2N2CCN(Cc3ccccc3)CC2)SC1=S. The van der Waals surface area contributed by atoms with E-state index in [-0.39, 0.29) is 17.0 Å². The third-order valence-corrected chi connectivity index (χ3v) is 8.65. The molecule has 2 aliphatic heterocycles. The Morgan fingerprint density at radius 2 is 1.79 bits per heavy atom. The summed E-state index contributed by atoms with van der Waals surface area (Å²) in [4.78, 5) is 33.2. The first-order valence-electron chi connectivity index (χ1n) is 13.3. The minimum atomic E-state index is -0.313. The van der Waals surface area contributed by atoms with E-state index in [0.29, 0.717) is 21.3 Å². The molecule has 7 nitrogen and oxygen atoms in total. The summed E-state index contributed by atoms with van der Waals surface area (Å²) < 4.78 is 2.13. The van der Waals surface area contributed by atoms with Crippen LogP contribution in [0.25, 0.3) is 6.08 Å². The average molecular weight is 550 g/mol. The highest BCUT2D eigenvalue weighted by Gasteiger charge is 2.33. The van der Waals surface area contributed by atoms with Gasteiger partial charge in [0.2, 0.25) is 0 Å². The zero-order valence-corrected chi connectivity index (χ0v) is 24.0. The van der Waals surface area contributed by atoms with Gasteiger partial charge in [-0.3, -0.25) is 24.0 Å². The molecule has 2 aromatic rings. The minimum absolute atomic E-state index is 0.0955. The molecule has 1 amide bonds. The van der Waals surface area contributed by atoms with Crippen LogP contribution in [0.2, 0.25) is 0 Å². The van der Waals surface area contributed by atoms with Crippen molar-refractivity contribution in [2.75, 3.05) is 37.6 Å². The van der Waals surface area contributed by atoms with Crippen LogP contribution in [0.1, 0.15) is 54.9 Å². The number of hydrogen-bond acceptors (Lipinski definition) is 7. The lowest BCUT2D eigenvalue weighted by Gasteiger charge is -2.37. The standard InChI is InChI=1S/C29H35N5O2S2/c1-4-5-6-10-13-34-28(36)25(38-29(34)37)18-23-21(2)24(19-30)27(35)31(3)26(23)33-16-14-32(15-17-33)20-22-11-8-7-9-12-22/h7-9,11-12,18H,4-6,10,13-17,20H2,1-3H3. The summed E-state index contributed by atoms with van der Waals surface area (Å²) in [5, 5.41) is 9.76. The summed E-state index contributed by atoms with van der Waals surface area (Å²) in [7, 11) is 1.71. The number of aromatic nitrogens is 1. The Balaban J connectivity index is 1.61. The molecule has 0 spiro atoms. The Bertz CT molecular complexity index is 1320. The van der Waals surface area contributed by atoms with Crippen molar-refractivity contribution < 1.29 is 4.79 Å². The predicted molar refractivity (Wildman–Crippen MR) is 159 cm³/mol. The molecule has 0 saturated carbocycles. The van der Waals surface area contributed by atoms with Gasteiger partial charge >= 0.3 is 0 Å². The van der Waals surface area contributed by atoms with Crippen LogP contribution in [0.5, 0.6) is 0 Å². The molecule has 0 bridgehead atoms. The smallest absolute Gasteiger partial charge is 0.270 e. The summed E-state index contributed by atoms with van der Waals surface area (Å²) >= 11 is 6.85. The van der Waals surface area contributed by atoms with Crippen LogP contribution in [-0.4, -0.2) is 57.3 Å². The molecule has 0 atom stereocenters. The van der Waals surface area contributed by atoms with Crippen LogP contribution in [0.3, 0.4) is 0 Å². The Morgan fingerprint density at radius 3 is 2.45 bits per heavy atom. The van der Waals surface area contributed by atoms with Crippen molar-refractivity contribution in [1.29, 1.82) is 5.26 Å². The Kier molecular flexibility index (Phi) is 9.42. The number of carbonyl (C=O) groups excluding carboxylic acids is 1. The second-order valence-electron chi connectivity index (χ2n) is 9.86. The van der Waals surface area contributed by atoms with Crippen molar-refractivity contribution in [3.8, 4) is 6.07 Å². The van der Waals surface area contributed by atoms with Crippen molar-refractivity contribution in [3.63, 3.8) is 0 Å². The lowest BCUT2D eigenvalue weighted by atomic mass is 10.0. The zero-order valence-electron chi connectivity index (χ0n) is 22.4. The zero-order chi connectivity index (χ0) is 27.2. The topological polar surface area (TPSA) is 72.6 Å². The number of anilines is 1. The van der Waals surface area contributed by atoms with Gasteiger partial charge in [-0.05, 0) is 30.5 Å². The van der Waals surface area contributed by atoms with Crippen LogP contribution < -0.4 is 10.5 Å². The number of benzene rings is 1. The van der Waals surface area contributed by atoms with E-state index in [4.69, 9.17) is 12.2 Å². The van der Waals surface area contributed by atoms with Gasteiger partial charge in [-0.2, -0.15) is 5.26 Å². The number of carbonyl (C=O) groups is 1. The monoisotopic (exact) mass is 549 g/mol. The second-order valence-corrected chi connectivity index (χ2v) is 11.5. The molecule has 2 fully saturated rings. The van der Waals surface area contributed by atoms with Gasteiger partial charge in [0, 0.05) is 51.9 Å². The van der Waals surface area contributed by atoms with Gasteiger partial charge < -0.3 is 4.90 Å². The van der Waals surface area contributed by atoms with Gasteiger partial charge in [0.1, 0.15) is 21.8 Å². The van der Waals surface area contributed by atoms with Crippen LogP contribution >= 0.6 is 24.0 Å². The van der Waals surface area contributed by atoms with Crippen LogP contribution in [-0.2, 0) is 18.4 Å². The Hall–Kier alpha value is -2.93. The highest BCUT2D eigenvalue weighted by Crippen LogP contribution is 2.36. The summed E-state index contributed by atoms with van der Waals surface area (Å²) in [6.45, 7) is 8.64. The second kappa shape index (κ2) is 12.7. The number of unbranched alkanes of at least 4 members (excludes halogenated alkanes) is 3. The first-order valence-corrected chi connectivity index (χ1v) is 14.5. The quantitative estimate of drug-likeness (QED) is 0.256. The maximum Gasteiger partial charge on any atom is 0.270 e. The first kappa shape index (κ1) is 28.1. The van der Waals surface area contributed by atoms with Gasteiger partial charge in [0.15, 0.2) is 0 Å². The number of piperazine rings is 1. The third-order valence-electron chi connectivity index (χ3n) is 7.27. The number of amides is 1. The number of thioether (sulfide) groups is 1. The number of hydrogen-bond donors (Lipinski definition) is 0. The molecule has 2 saturated heterocycles. The summed E-state index contributed by atoms with van der Waals surface area (Å²) in [6, 6.07) is 12.5. The minimum Gasteiger partial charge on any atom is -0.355 e. The molecule has 38 heavy (non-hydrogen) atoms. The Labute approximate surface area is 234 Å². The fourth-order valence-corrected chi connectivity index (χ4v) is 6.36. The molecule has 1 aromatic heterocycles. The molecule has 0 unspecified atom stereocenters. The van der Waals surface area contributed by atoms with E-state index in [1.54, 1.807) is 23.4 Å². The molecular weight excluding hydrogens is 514 g/mol. The van der Waals surface area contributed by atoms with Gasteiger partial charge in [0.25, 0.3) is 11.5 Å². The molecule has 0 N–H and O–H groups in total. The third kappa shape index (κ3) is 6.04. The molecule has 200 valence electrons. The van der Waals surface area contributed by atoms with E-state index >= 15 is 0 Å². The molecule has 9 heteroatoms. The number of rotatable bonds is 9. The highest BCUT2D eigenvalue weighted by atomic mass is 32.2. The van der Waals surface area contributed by atoms with Crippen molar-refractivity contribution in [2.45, 2.75) is 46.1 Å². The predicted octanol–water partition coefficient (Wildman–Crippen LogP) is 4.67. The van der Waals surface area contributed by atoms with E-state index in [9.17, 15) is 14.9 Å². The van der Waals surface area contributed by atoms with Crippen LogP contribution in [0, 0.1) is 18.3 Å². The van der Waals surface area contributed by atoms with Crippen LogP contribution in [0.4, 0.5) is 5.82 Å². The number of nitrogens with zero attached hydrogens (tertiary/aromatic N) is 5. The normalized spacial score (nSPS) is 17.5. The molecule has 1 aromatic carbocycles. The fraction of sp³-hybridized carbons (Fsp3) is 0.448. The molecule has 4 rings (SSSR count).